The number of hydrogen-bond acceptors (Lipinski definition) is 7. The van der Waals surface area contributed by atoms with Crippen LogP contribution in [-0.4, -0.2) is 73.1 Å². The van der Waals surface area contributed by atoms with Gasteiger partial charge in [-0.1, -0.05) is 30.3 Å². The molecule has 5 aliphatic rings. The molecule has 5 heterocycles. The van der Waals surface area contributed by atoms with Crippen molar-refractivity contribution in [3.05, 3.63) is 59.7 Å². The van der Waals surface area contributed by atoms with Crippen LogP contribution in [0, 0.1) is 5.41 Å². The third-order valence-electron chi connectivity index (χ3n) is 6.09. The molecule has 0 aromatic heterocycles. The molecule has 4 saturated heterocycles. The molecule has 0 amide bonds. The zero-order valence-electron chi connectivity index (χ0n) is 16.2. The van der Waals surface area contributed by atoms with Crippen molar-refractivity contribution in [3.8, 4) is 11.5 Å². The quantitative estimate of drug-likeness (QED) is 0.592. The molecule has 5 aliphatic heterocycles. The fraction of sp³-hybridized carbons (Fsp3) is 0.364. The van der Waals surface area contributed by atoms with Crippen LogP contribution in [-0.2, 0) is 0 Å². The molecule has 0 saturated carbocycles. The summed E-state index contributed by atoms with van der Waals surface area (Å²) in [6.07, 6.45) is 1.80. The van der Waals surface area contributed by atoms with Gasteiger partial charge in [-0.3, -0.25) is 14.7 Å². The number of rotatable bonds is 4. The number of hydrogen-bond donors (Lipinski definition) is 0. The molecule has 0 aliphatic carbocycles. The first-order chi connectivity index (χ1) is 14.3. The summed E-state index contributed by atoms with van der Waals surface area (Å²) in [5.41, 5.74) is 3.17. The number of fused-ring (bicyclic) bond motifs is 1. The summed E-state index contributed by atoms with van der Waals surface area (Å²) in [4.78, 5) is 7.53. The minimum absolute atomic E-state index is 0.0116. The lowest BCUT2D eigenvalue weighted by atomic mass is 9.74. The molecule has 4 fully saturated rings. The molecule has 0 unspecified atom stereocenters. The number of ether oxygens (including phenoxy) is 2. The van der Waals surface area contributed by atoms with Gasteiger partial charge in [0.15, 0.2) is 11.5 Å². The van der Waals surface area contributed by atoms with Crippen LogP contribution in [0.5, 0.6) is 11.5 Å². The Kier molecular flexibility index (Phi) is 3.94. The van der Waals surface area contributed by atoms with Crippen LogP contribution >= 0.6 is 0 Å². The lowest BCUT2D eigenvalue weighted by molar-refractivity contribution is -0.149. The second-order valence-electron chi connectivity index (χ2n) is 8.36. The van der Waals surface area contributed by atoms with Crippen LogP contribution in [0.15, 0.2) is 58.7 Å². The molecule has 4 bridgehead atoms. The van der Waals surface area contributed by atoms with E-state index in [2.05, 4.69) is 44.1 Å². The van der Waals surface area contributed by atoms with Gasteiger partial charge in [-0.25, -0.2) is 0 Å². The predicted octanol–water partition coefficient (Wildman–Crippen LogP) is 2.04. The maximum Gasteiger partial charge on any atom is 0.231 e. The van der Waals surface area contributed by atoms with Gasteiger partial charge in [-0.05, 0) is 29.3 Å². The highest BCUT2D eigenvalue weighted by molar-refractivity contribution is 6.05. The van der Waals surface area contributed by atoms with Crippen molar-refractivity contribution in [2.45, 2.75) is 0 Å². The summed E-state index contributed by atoms with van der Waals surface area (Å²) in [5, 5.41) is 9.32. The van der Waals surface area contributed by atoms with Gasteiger partial charge in [-0.2, -0.15) is 10.2 Å². The van der Waals surface area contributed by atoms with Crippen LogP contribution in [0.25, 0.3) is 0 Å². The van der Waals surface area contributed by atoms with Crippen LogP contribution < -0.4 is 9.47 Å². The van der Waals surface area contributed by atoms with Crippen LogP contribution in [0.4, 0.5) is 0 Å². The monoisotopic (exact) mass is 389 g/mol. The van der Waals surface area contributed by atoms with Gasteiger partial charge in [0.1, 0.15) is 0 Å². The summed E-state index contributed by atoms with van der Waals surface area (Å²) in [6, 6.07) is 16.3. The van der Waals surface area contributed by atoms with E-state index in [1.807, 2.05) is 24.3 Å². The zero-order valence-corrected chi connectivity index (χ0v) is 16.2. The third-order valence-corrected chi connectivity index (χ3v) is 6.09. The largest absolute Gasteiger partial charge is 0.454 e. The molecule has 2 aromatic rings. The smallest absolute Gasteiger partial charge is 0.231 e. The van der Waals surface area contributed by atoms with E-state index >= 15 is 0 Å². The molecule has 0 atom stereocenters. The summed E-state index contributed by atoms with van der Waals surface area (Å²) in [5.74, 6) is 1.54. The Hall–Kier alpha value is -2.74. The average molecular weight is 389 g/mol. The Morgan fingerprint density at radius 1 is 0.862 bits per heavy atom. The average Bonchev–Trinajstić information content (AvgIpc) is 3.18. The topological polar surface area (TPSA) is 52.9 Å². The molecular formula is C22H23N5O2. The summed E-state index contributed by atoms with van der Waals surface area (Å²) in [7, 11) is 0. The van der Waals surface area contributed by atoms with Gasteiger partial charge in [0.25, 0.3) is 0 Å². The molecule has 7 heteroatoms. The minimum atomic E-state index is -0.0116. The lowest BCUT2D eigenvalue weighted by Gasteiger charge is -2.60. The van der Waals surface area contributed by atoms with Gasteiger partial charge >= 0.3 is 0 Å². The fourth-order valence-electron chi connectivity index (χ4n) is 5.15. The van der Waals surface area contributed by atoms with Crippen molar-refractivity contribution in [1.29, 1.82) is 0 Å². The lowest BCUT2D eigenvalue weighted by Crippen LogP contribution is -2.74. The molecule has 148 valence electrons. The van der Waals surface area contributed by atoms with E-state index in [4.69, 9.17) is 14.6 Å². The second-order valence-corrected chi connectivity index (χ2v) is 8.36. The highest BCUT2D eigenvalue weighted by Crippen LogP contribution is 2.38. The van der Waals surface area contributed by atoms with Crippen molar-refractivity contribution < 1.29 is 9.47 Å². The third kappa shape index (κ3) is 3.02. The standard InChI is InChI=1S/C22H23N5O2/c1-2-4-18(5-3-1)21(22-10-25-13-26(11-22)15-27(12-22)14-25)24-23-9-17-6-7-19-20(8-17)29-16-28-19/h1-9H,10-16H2/b23-9-,24-21-. The molecule has 7 nitrogen and oxygen atoms in total. The summed E-state index contributed by atoms with van der Waals surface area (Å²) >= 11 is 0. The Labute approximate surface area is 169 Å². The van der Waals surface area contributed by atoms with E-state index in [1.54, 1.807) is 6.21 Å². The van der Waals surface area contributed by atoms with Crippen LogP contribution in [0.3, 0.4) is 0 Å². The molecule has 0 radical (unpaired) electrons. The van der Waals surface area contributed by atoms with Crippen LogP contribution in [0.1, 0.15) is 11.1 Å². The van der Waals surface area contributed by atoms with E-state index in [1.165, 1.54) is 0 Å². The van der Waals surface area contributed by atoms with Gasteiger partial charge in [0.05, 0.1) is 37.3 Å². The first-order valence-corrected chi connectivity index (χ1v) is 10.0. The molecule has 0 spiro atoms. The minimum Gasteiger partial charge on any atom is -0.454 e. The number of nitrogens with zero attached hydrogens (tertiary/aromatic N) is 5. The van der Waals surface area contributed by atoms with Crippen molar-refractivity contribution in [2.24, 2.45) is 15.6 Å². The van der Waals surface area contributed by atoms with Gasteiger partial charge < -0.3 is 9.47 Å². The van der Waals surface area contributed by atoms with Crippen LogP contribution in [0.2, 0.25) is 0 Å². The van der Waals surface area contributed by atoms with E-state index in [0.29, 0.717) is 0 Å². The SMILES string of the molecule is C(=N/N=C(/c1ccccc1)C12CN3CN(CN(C3)C1)C2)/c1ccc2c(c1)OCO2. The summed E-state index contributed by atoms with van der Waals surface area (Å²) < 4.78 is 10.8. The molecule has 0 N–H and O–H groups in total. The first-order valence-electron chi connectivity index (χ1n) is 10.0. The fourth-order valence-corrected chi connectivity index (χ4v) is 5.15. The predicted molar refractivity (Wildman–Crippen MR) is 110 cm³/mol. The highest BCUT2D eigenvalue weighted by Gasteiger charge is 2.51. The molecule has 29 heavy (non-hydrogen) atoms. The second kappa shape index (κ2) is 6.66. The molecule has 7 rings (SSSR count). The van der Waals surface area contributed by atoms with Gasteiger partial charge in [0.2, 0.25) is 6.79 Å². The van der Waals surface area contributed by atoms with Gasteiger partial charge in [-0.15, -0.1) is 0 Å². The Morgan fingerprint density at radius 3 is 2.28 bits per heavy atom. The molecular weight excluding hydrogens is 366 g/mol. The summed E-state index contributed by atoms with van der Waals surface area (Å²) in [6.45, 7) is 6.55. The molecule has 2 aromatic carbocycles. The van der Waals surface area contributed by atoms with Crippen molar-refractivity contribution >= 4 is 11.9 Å². The highest BCUT2D eigenvalue weighted by atomic mass is 16.7. The Bertz CT molecular complexity index is 953. The van der Waals surface area contributed by atoms with Gasteiger partial charge in [0, 0.05) is 19.6 Å². The van der Waals surface area contributed by atoms with Crippen molar-refractivity contribution in [2.75, 3.05) is 46.4 Å². The first kappa shape index (κ1) is 17.1. The number of benzene rings is 2. The van der Waals surface area contributed by atoms with E-state index in [9.17, 15) is 0 Å². The zero-order chi connectivity index (χ0) is 19.3. The Balaban J connectivity index is 1.36. The maximum absolute atomic E-state index is 5.46. The Morgan fingerprint density at radius 2 is 1.55 bits per heavy atom. The van der Waals surface area contributed by atoms with Crippen molar-refractivity contribution in [1.82, 2.24) is 14.7 Å². The maximum atomic E-state index is 5.46. The van der Waals surface area contributed by atoms with Crippen molar-refractivity contribution in [3.63, 3.8) is 0 Å². The normalized spacial score (nSPS) is 32.3. The van der Waals surface area contributed by atoms with E-state index < -0.39 is 0 Å². The van der Waals surface area contributed by atoms with E-state index in [-0.39, 0.29) is 12.2 Å². The van der Waals surface area contributed by atoms with E-state index in [0.717, 1.165) is 68.0 Å².